The van der Waals surface area contributed by atoms with Gasteiger partial charge in [0.1, 0.15) is 12.4 Å². The number of hydrogen-bond donors (Lipinski definition) is 3. The molecule has 8 nitrogen and oxygen atoms in total. The van der Waals surface area contributed by atoms with Gasteiger partial charge in [-0.2, -0.15) is 5.10 Å². The molecule has 8 heteroatoms. The van der Waals surface area contributed by atoms with Gasteiger partial charge in [0, 0.05) is 23.7 Å². The minimum absolute atomic E-state index is 0.359. The van der Waals surface area contributed by atoms with Crippen molar-refractivity contribution in [3.8, 4) is 22.6 Å². The molecule has 152 valence electrons. The number of anilines is 1. The Morgan fingerprint density at radius 3 is 2.83 bits per heavy atom. The first-order valence-corrected chi connectivity index (χ1v) is 9.95. The minimum Gasteiger partial charge on any atom is -0.485 e. The average Bonchev–Trinajstić information content (AvgIpc) is 3.33. The minimum atomic E-state index is -0.382. The van der Waals surface area contributed by atoms with Crippen molar-refractivity contribution in [1.29, 1.82) is 0 Å². The fraction of sp³-hybridized carbons (Fsp3) is 0.227. The summed E-state index contributed by atoms with van der Waals surface area (Å²) in [6, 6.07) is 13.7. The summed E-state index contributed by atoms with van der Waals surface area (Å²) in [6.07, 6.45) is 4.12. The lowest BCUT2D eigenvalue weighted by Crippen LogP contribution is -2.24. The predicted molar refractivity (Wildman–Crippen MR) is 115 cm³/mol. The first-order valence-electron chi connectivity index (χ1n) is 9.95. The average molecular weight is 402 g/mol. The molecule has 0 bridgehead atoms. The molecule has 3 heterocycles. The standard InChI is InChI=1S/C22H22N6O2/c23-8-3-9-24-21-16-10-14(15-11-25-26-12-15)6-7-17(16)27-22(28-21)20-13-29-18-4-1-2-5-19(18)30-20/h1-2,4-7,10-12,20H,3,8-9,13,23H2,(H,25,26)(H,24,27,28). The monoisotopic (exact) mass is 402 g/mol. The first-order chi connectivity index (χ1) is 14.8. The topological polar surface area (TPSA) is 111 Å². The van der Waals surface area contributed by atoms with Gasteiger partial charge in [-0.15, -0.1) is 0 Å². The number of aromatic nitrogens is 4. The number of hydrogen-bond acceptors (Lipinski definition) is 7. The predicted octanol–water partition coefficient (Wildman–Crippen LogP) is 3.29. The molecule has 1 unspecified atom stereocenters. The molecule has 0 saturated heterocycles. The second-order valence-electron chi connectivity index (χ2n) is 7.08. The quantitative estimate of drug-likeness (QED) is 0.424. The van der Waals surface area contributed by atoms with Gasteiger partial charge in [0.05, 0.1) is 11.7 Å². The molecule has 30 heavy (non-hydrogen) atoms. The van der Waals surface area contributed by atoms with Crippen molar-refractivity contribution >= 4 is 16.7 Å². The maximum Gasteiger partial charge on any atom is 0.192 e. The zero-order valence-electron chi connectivity index (χ0n) is 16.3. The van der Waals surface area contributed by atoms with Gasteiger partial charge < -0.3 is 20.5 Å². The van der Waals surface area contributed by atoms with Crippen molar-refractivity contribution in [3.05, 3.63) is 60.7 Å². The van der Waals surface area contributed by atoms with Crippen LogP contribution in [0.15, 0.2) is 54.9 Å². The molecular weight excluding hydrogens is 380 g/mol. The highest BCUT2D eigenvalue weighted by molar-refractivity contribution is 5.92. The van der Waals surface area contributed by atoms with Crippen LogP contribution >= 0.6 is 0 Å². The summed E-state index contributed by atoms with van der Waals surface area (Å²) in [6.45, 7) is 1.69. The SMILES string of the molecule is NCCCNc1nc(C2COc3ccccc3O2)nc2ccc(-c3cn[nH]c3)cc12. The summed E-state index contributed by atoms with van der Waals surface area (Å²) in [5.41, 5.74) is 8.55. The number of nitrogens with one attached hydrogen (secondary N) is 2. The molecule has 0 saturated carbocycles. The maximum absolute atomic E-state index is 6.12. The molecule has 1 aliphatic rings. The van der Waals surface area contributed by atoms with Gasteiger partial charge in [-0.25, -0.2) is 9.97 Å². The van der Waals surface area contributed by atoms with Crippen LogP contribution in [0.3, 0.4) is 0 Å². The summed E-state index contributed by atoms with van der Waals surface area (Å²) >= 11 is 0. The van der Waals surface area contributed by atoms with E-state index in [9.17, 15) is 0 Å². The second kappa shape index (κ2) is 8.00. The van der Waals surface area contributed by atoms with Crippen LogP contribution in [0.1, 0.15) is 18.3 Å². The van der Waals surface area contributed by atoms with Crippen LogP contribution in [0.2, 0.25) is 0 Å². The van der Waals surface area contributed by atoms with Crippen molar-refractivity contribution in [2.24, 2.45) is 5.73 Å². The number of nitrogens with zero attached hydrogens (tertiary/aromatic N) is 3. The van der Waals surface area contributed by atoms with E-state index in [0.29, 0.717) is 24.7 Å². The Bertz CT molecular complexity index is 1160. The largest absolute Gasteiger partial charge is 0.485 e. The van der Waals surface area contributed by atoms with Crippen molar-refractivity contribution in [2.45, 2.75) is 12.5 Å². The number of para-hydroxylation sites is 2. The van der Waals surface area contributed by atoms with Crippen LogP contribution < -0.4 is 20.5 Å². The van der Waals surface area contributed by atoms with E-state index in [4.69, 9.17) is 25.2 Å². The molecule has 4 aromatic rings. The lowest BCUT2D eigenvalue weighted by Gasteiger charge is -2.26. The highest BCUT2D eigenvalue weighted by Gasteiger charge is 2.26. The van der Waals surface area contributed by atoms with Gasteiger partial charge >= 0.3 is 0 Å². The van der Waals surface area contributed by atoms with Crippen molar-refractivity contribution in [2.75, 3.05) is 25.0 Å². The zero-order chi connectivity index (χ0) is 20.3. The van der Waals surface area contributed by atoms with E-state index < -0.39 is 0 Å². The number of aromatic amines is 1. The van der Waals surface area contributed by atoms with Crippen LogP contribution in [0.5, 0.6) is 11.5 Å². The van der Waals surface area contributed by atoms with Crippen LogP contribution in [0, 0.1) is 0 Å². The van der Waals surface area contributed by atoms with Crippen LogP contribution in [0.4, 0.5) is 5.82 Å². The van der Waals surface area contributed by atoms with E-state index in [1.165, 1.54) is 0 Å². The summed E-state index contributed by atoms with van der Waals surface area (Å²) in [4.78, 5) is 9.58. The normalized spacial score (nSPS) is 15.3. The summed E-state index contributed by atoms with van der Waals surface area (Å²) < 4.78 is 12.0. The Morgan fingerprint density at radius 1 is 1.10 bits per heavy atom. The van der Waals surface area contributed by atoms with E-state index in [-0.39, 0.29) is 6.10 Å². The molecule has 0 radical (unpaired) electrons. The van der Waals surface area contributed by atoms with Gasteiger partial charge in [0.2, 0.25) is 0 Å². The number of nitrogens with two attached hydrogens (primary N) is 1. The fourth-order valence-electron chi connectivity index (χ4n) is 3.47. The Kier molecular flexibility index (Phi) is 4.90. The number of H-pyrrole nitrogens is 1. The van der Waals surface area contributed by atoms with Crippen molar-refractivity contribution in [1.82, 2.24) is 20.2 Å². The second-order valence-corrected chi connectivity index (χ2v) is 7.08. The third-order valence-electron chi connectivity index (χ3n) is 5.01. The molecule has 5 rings (SSSR count). The summed E-state index contributed by atoms with van der Waals surface area (Å²) in [7, 11) is 0. The Hall–Kier alpha value is -3.65. The first kappa shape index (κ1) is 18.4. The van der Waals surface area contributed by atoms with E-state index in [1.807, 2.05) is 42.6 Å². The van der Waals surface area contributed by atoms with Gasteiger partial charge in [-0.1, -0.05) is 18.2 Å². The lowest BCUT2D eigenvalue weighted by molar-refractivity contribution is 0.0854. The molecule has 2 aromatic heterocycles. The number of benzene rings is 2. The fourth-order valence-corrected chi connectivity index (χ4v) is 3.47. The molecule has 1 atom stereocenters. The third-order valence-corrected chi connectivity index (χ3v) is 5.01. The van der Waals surface area contributed by atoms with Crippen LogP contribution in [-0.4, -0.2) is 39.9 Å². The number of fused-ring (bicyclic) bond motifs is 2. The smallest absolute Gasteiger partial charge is 0.192 e. The molecular formula is C22H22N6O2. The maximum atomic E-state index is 6.12. The molecule has 2 aromatic carbocycles. The molecule has 0 fully saturated rings. The molecule has 4 N–H and O–H groups in total. The Balaban J connectivity index is 1.54. The molecule has 0 amide bonds. The van der Waals surface area contributed by atoms with Crippen molar-refractivity contribution < 1.29 is 9.47 Å². The van der Waals surface area contributed by atoms with E-state index in [1.54, 1.807) is 6.20 Å². The van der Waals surface area contributed by atoms with E-state index >= 15 is 0 Å². The molecule has 0 spiro atoms. The van der Waals surface area contributed by atoms with Gasteiger partial charge in [0.15, 0.2) is 23.4 Å². The molecule has 0 aliphatic carbocycles. The zero-order valence-corrected chi connectivity index (χ0v) is 16.3. The third kappa shape index (κ3) is 3.53. The number of rotatable bonds is 6. The van der Waals surface area contributed by atoms with Gasteiger partial charge in [-0.3, -0.25) is 5.10 Å². The highest BCUT2D eigenvalue weighted by atomic mass is 16.6. The van der Waals surface area contributed by atoms with Gasteiger partial charge in [-0.05, 0) is 42.8 Å². The lowest BCUT2D eigenvalue weighted by atomic mass is 10.1. The number of ether oxygens (including phenoxy) is 2. The van der Waals surface area contributed by atoms with E-state index in [0.717, 1.165) is 46.6 Å². The van der Waals surface area contributed by atoms with Crippen molar-refractivity contribution in [3.63, 3.8) is 0 Å². The van der Waals surface area contributed by atoms with E-state index in [2.05, 4.69) is 21.6 Å². The van der Waals surface area contributed by atoms with Crippen LogP contribution in [0.25, 0.3) is 22.0 Å². The highest BCUT2D eigenvalue weighted by Crippen LogP contribution is 2.36. The van der Waals surface area contributed by atoms with Gasteiger partial charge in [0.25, 0.3) is 0 Å². The Labute approximate surface area is 173 Å². The Morgan fingerprint density at radius 2 is 2.00 bits per heavy atom. The van der Waals surface area contributed by atoms with Crippen LogP contribution in [-0.2, 0) is 0 Å². The molecule has 1 aliphatic heterocycles. The summed E-state index contributed by atoms with van der Waals surface area (Å²) in [5.74, 6) is 2.78. The summed E-state index contributed by atoms with van der Waals surface area (Å²) in [5, 5.41) is 11.2.